The third-order valence-corrected chi connectivity index (χ3v) is 2.83. The molecular weight excluding hydrogens is 287 g/mol. The van der Waals surface area contributed by atoms with Gasteiger partial charge in [-0.1, -0.05) is 15.9 Å². The van der Waals surface area contributed by atoms with Crippen molar-refractivity contribution in [3.05, 3.63) is 34.1 Å². The molecule has 1 aromatic carbocycles. The van der Waals surface area contributed by atoms with Gasteiger partial charge < -0.3 is 10.6 Å². The molecule has 0 saturated carbocycles. The van der Waals surface area contributed by atoms with E-state index in [0.717, 1.165) is 10.0 Å². The van der Waals surface area contributed by atoms with Crippen molar-refractivity contribution in [3.8, 4) is 0 Å². The number of hydrogen-bond donors (Lipinski definition) is 2. The summed E-state index contributed by atoms with van der Waals surface area (Å²) in [5.74, 6) is -0.343. The summed E-state index contributed by atoms with van der Waals surface area (Å²) < 4.78 is 13.8. The van der Waals surface area contributed by atoms with Gasteiger partial charge in [0, 0.05) is 17.1 Å². The van der Waals surface area contributed by atoms with E-state index in [-0.39, 0.29) is 24.3 Å². The zero-order valence-corrected chi connectivity index (χ0v) is 11.5. The smallest absolute Gasteiger partial charge is 0.234 e. The molecule has 0 radical (unpaired) electrons. The fraction of sp³-hybridized carbons (Fsp3) is 0.417. The predicted octanol–water partition coefficient (Wildman–Crippen LogP) is 2.20. The van der Waals surface area contributed by atoms with E-state index in [9.17, 15) is 9.18 Å². The molecule has 17 heavy (non-hydrogen) atoms. The molecule has 1 rings (SSSR count). The first-order valence-corrected chi connectivity index (χ1v) is 6.22. The maximum absolute atomic E-state index is 13.0. The Labute approximate surface area is 109 Å². The monoisotopic (exact) mass is 302 g/mol. The third kappa shape index (κ3) is 5.28. The first-order valence-electron chi connectivity index (χ1n) is 5.43. The average Bonchev–Trinajstić information content (AvgIpc) is 2.22. The normalized spacial score (nSPS) is 10.6. The number of carbonyl (C=O) groups is 1. The molecule has 0 saturated heterocycles. The van der Waals surface area contributed by atoms with Crippen molar-refractivity contribution >= 4 is 21.8 Å². The Morgan fingerprint density at radius 3 is 2.82 bits per heavy atom. The standard InChI is InChI=1S/C12H16BrFN2O/c1-8(2)16-12(17)7-15-6-9-5-10(14)3-4-11(9)13/h3-5,8,15H,6-7H2,1-2H3,(H,16,17). The summed E-state index contributed by atoms with van der Waals surface area (Å²) in [6.07, 6.45) is 0. The topological polar surface area (TPSA) is 41.1 Å². The first-order chi connectivity index (χ1) is 7.99. The lowest BCUT2D eigenvalue weighted by molar-refractivity contribution is -0.120. The van der Waals surface area contributed by atoms with Gasteiger partial charge in [0.25, 0.3) is 0 Å². The number of amides is 1. The van der Waals surface area contributed by atoms with Crippen LogP contribution in [0.15, 0.2) is 22.7 Å². The lowest BCUT2D eigenvalue weighted by atomic mass is 10.2. The lowest BCUT2D eigenvalue weighted by Gasteiger charge is -2.10. The van der Waals surface area contributed by atoms with Gasteiger partial charge in [0.15, 0.2) is 0 Å². The quantitative estimate of drug-likeness (QED) is 0.875. The van der Waals surface area contributed by atoms with Crippen LogP contribution in [0.4, 0.5) is 4.39 Å². The Kier molecular flexibility index (Phi) is 5.58. The first kappa shape index (κ1) is 14.1. The second kappa shape index (κ2) is 6.71. The fourth-order valence-electron chi connectivity index (χ4n) is 1.36. The Morgan fingerprint density at radius 2 is 2.18 bits per heavy atom. The molecule has 5 heteroatoms. The highest BCUT2D eigenvalue weighted by Crippen LogP contribution is 2.17. The van der Waals surface area contributed by atoms with Crippen molar-refractivity contribution in [2.45, 2.75) is 26.4 Å². The largest absolute Gasteiger partial charge is 0.353 e. The minimum atomic E-state index is -0.281. The number of rotatable bonds is 5. The average molecular weight is 303 g/mol. The van der Waals surface area contributed by atoms with Gasteiger partial charge in [-0.3, -0.25) is 4.79 Å². The van der Waals surface area contributed by atoms with Crippen LogP contribution in [-0.2, 0) is 11.3 Å². The molecule has 0 atom stereocenters. The van der Waals surface area contributed by atoms with Crippen LogP contribution < -0.4 is 10.6 Å². The summed E-state index contributed by atoms with van der Waals surface area (Å²) in [7, 11) is 0. The van der Waals surface area contributed by atoms with Crippen molar-refractivity contribution in [2.75, 3.05) is 6.54 Å². The summed E-state index contributed by atoms with van der Waals surface area (Å²) in [5.41, 5.74) is 0.794. The van der Waals surface area contributed by atoms with E-state index in [0.29, 0.717) is 6.54 Å². The van der Waals surface area contributed by atoms with Crippen molar-refractivity contribution in [1.82, 2.24) is 10.6 Å². The molecule has 0 unspecified atom stereocenters. The van der Waals surface area contributed by atoms with Crippen LogP contribution in [0.25, 0.3) is 0 Å². The Bertz CT molecular complexity index is 396. The van der Waals surface area contributed by atoms with Crippen molar-refractivity contribution in [2.24, 2.45) is 0 Å². The molecule has 0 aliphatic rings. The van der Waals surface area contributed by atoms with Gasteiger partial charge in [-0.05, 0) is 37.6 Å². The highest BCUT2D eigenvalue weighted by molar-refractivity contribution is 9.10. The second-order valence-corrected chi connectivity index (χ2v) is 4.92. The van der Waals surface area contributed by atoms with E-state index in [1.807, 2.05) is 13.8 Å². The summed E-state index contributed by atoms with van der Waals surface area (Å²) >= 11 is 3.33. The molecule has 3 nitrogen and oxygen atoms in total. The van der Waals surface area contributed by atoms with E-state index in [2.05, 4.69) is 26.6 Å². The van der Waals surface area contributed by atoms with E-state index < -0.39 is 0 Å². The van der Waals surface area contributed by atoms with Crippen LogP contribution in [0.3, 0.4) is 0 Å². The highest BCUT2D eigenvalue weighted by Gasteiger charge is 2.04. The Hall–Kier alpha value is -0.940. The van der Waals surface area contributed by atoms with E-state index in [1.54, 1.807) is 6.07 Å². The summed E-state index contributed by atoms with van der Waals surface area (Å²) in [6, 6.07) is 4.61. The zero-order valence-electron chi connectivity index (χ0n) is 9.89. The van der Waals surface area contributed by atoms with Gasteiger partial charge in [0.2, 0.25) is 5.91 Å². The molecule has 0 spiro atoms. The predicted molar refractivity (Wildman–Crippen MR) is 69.1 cm³/mol. The summed E-state index contributed by atoms with van der Waals surface area (Å²) in [5, 5.41) is 5.73. The molecule has 1 amide bonds. The van der Waals surface area contributed by atoms with E-state index in [4.69, 9.17) is 0 Å². The number of hydrogen-bond acceptors (Lipinski definition) is 2. The molecule has 0 aromatic heterocycles. The van der Waals surface area contributed by atoms with Gasteiger partial charge in [0.05, 0.1) is 6.54 Å². The molecule has 0 fully saturated rings. The maximum Gasteiger partial charge on any atom is 0.234 e. The number of nitrogens with one attached hydrogen (secondary N) is 2. The van der Waals surface area contributed by atoms with Crippen molar-refractivity contribution < 1.29 is 9.18 Å². The zero-order chi connectivity index (χ0) is 12.8. The summed E-state index contributed by atoms with van der Waals surface area (Å²) in [6.45, 7) is 4.48. The molecule has 0 bridgehead atoms. The maximum atomic E-state index is 13.0. The van der Waals surface area contributed by atoms with Crippen LogP contribution in [-0.4, -0.2) is 18.5 Å². The van der Waals surface area contributed by atoms with Crippen LogP contribution in [0.5, 0.6) is 0 Å². The molecule has 1 aromatic rings. The third-order valence-electron chi connectivity index (χ3n) is 2.06. The second-order valence-electron chi connectivity index (χ2n) is 4.06. The summed E-state index contributed by atoms with van der Waals surface area (Å²) in [4.78, 5) is 11.3. The van der Waals surface area contributed by atoms with E-state index in [1.165, 1.54) is 12.1 Å². The van der Waals surface area contributed by atoms with Crippen LogP contribution >= 0.6 is 15.9 Å². The van der Waals surface area contributed by atoms with Gasteiger partial charge in [0.1, 0.15) is 5.82 Å². The van der Waals surface area contributed by atoms with E-state index >= 15 is 0 Å². The van der Waals surface area contributed by atoms with Crippen LogP contribution in [0, 0.1) is 5.82 Å². The molecule has 0 aliphatic carbocycles. The Balaban J connectivity index is 2.40. The van der Waals surface area contributed by atoms with Gasteiger partial charge in [-0.2, -0.15) is 0 Å². The van der Waals surface area contributed by atoms with Crippen LogP contribution in [0.2, 0.25) is 0 Å². The minimum Gasteiger partial charge on any atom is -0.353 e. The van der Waals surface area contributed by atoms with Gasteiger partial charge in [-0.25, -0.2) is 4.39 Å². The number of benzene rings is 1. The molecular formula is C12H16BrFN2O. The molecule has 94 valence electrons. The van der Waals surface area contributed by atoms with Crippen LogP contribution in [0.1, 0.15) is 19.4 Å². The van der Waals surface area contributed by atoms with Crippen molar-refractivity contribution in [1.29, 1.82) is 0 Å². The number of carbonyl (C=O) groups excluding carboxylic acids is 1. The SMILES string of the molecule is CC(C)NC(=O)CNCc1cc(F)ccc1Br. The highest BCUT2D eigenvalue weighted by atomic mass is 79.9. The minimum absolute atomic E-state index is 0.0625. The Morgan fingerprint density at radius 1 is 1.47 bits per heavy atom. The molecule has 0 aliphatic heterocycles. The lowest BCUT2D eigenvalue weighted by Crippen LogP contribution is -2.37. The fourth-order valence-corrected chi connectivity index (χ4v) is 1.75. The number of halogens is 2. The molecule has 2 N–H and O–H groups in total. The van der Waals surface area contributed by atoms with Gasteiger partial charge in [-0.15, -0.1) is 0 Å². The van der Waals surface area contributed by atoms with Gasteiger partial charge >= 0.3 is 0 Å². The van der Waals surface area contributed by atoms with Crippen molar-refractivity contribution in [3.63, 3.8) is 0 Å². The molecule has 0 heterocycles.